The molecule has 12 heavy (non-hydrogen) atoms. The van der Waals surface area contributed by atoms with Crippen LogP contribution in [-0.4, -0.2) is 37.6 Å². The molecule has 1 aliphatic heterocycles. The molecule has 0 aromatic heterocycles. The van der Waals surface area contributed by atoms with Gasteiger partial charge in [-0.2, -0.15) is 0 Å². The van der Waals surface area contributed by atoms with Crippen molar-refractivity contribution in [1.82, 2.24) is 10.2 Å². The van der Waals surface area contributed by atoms with Crippen LogP contribution < -0.4 is 5.32 Å². The Balaban J connectivity index is 2.15. The molecule has 1 rings (SSSR count). The summed E-state index contributed by atoms with van der Waals surface area (Å²) in [6, 6.07) is 0.797. The summed E-state index contributed by atoms with van der Waals surface area (Å²) in [5, 5.41) is 3.45. The molecule has 1 fully saturated rings. The van der Waals surface area contributed by atoms with E-state index < -0.39 is 0 Å². The summed E-state index contributed by atoms with van der Waals surface area (Å²) in [7, 11) is 2.26. The van der Waals surface area contributed by atoms with Gasteiger partial charge in [-0.15, -0.1) is 0 Å². The van der Waals surface area contributed by atoms with Gasteiger partial charge in [-0.05, 0) is 39.4 Å². The van der Waals surface area contributed by atoms with Gasteiger partial charge in [-0.1, -0.05) is 13.3 Å². The first-order valence-electron chi connectivity index (χ1n) is 5.25. The van der Waals surface area contributed by atoms with Crippen LogP contribution in [0.4, 0.5) is 0 Å². The van der Waals surface area contributed by atoms with E-state index in [4.69, 9.17) is 0 Å². The van der Waals surface area contributed by atoms with Gasteiger partial charge in [-0.3, -0.25) is 0 Å². The summed E-state index contributed by atoms with van der Waals surface area (Å²) in [5.74, 6) is 0. The van der Waals surface area contributed by atoms with Gasteiger partial charge < -0.3 is 10.2 Å². The molecule has 1 atom stereocenters. The van der Waals surface area contributed by atoms with Crippen LogP contribution in [0.1, 0.15) is 32.6 Å². The predicted octanol–water partition coefficient (Wildman–Crippen LogP) is 1.47. The summed E-state index contributed by atoms with van der Waals surface area (Å²) in [5.41, 5.74) is 0. The van der Waals surface area contributed by atoms with Gasteiger partial charge in [0.25, 0.3) is 0 Å². The Morgan fingerprint density at radius 1 is 1.50 bits per heavy atom. The minimum Gasteiger partial charge on any atom is -0.315 e. The molecule has 0 saturated carbocycles. The quantitative estimate of drug-likeness (QED) is 0.687. The van der Waals surface area contributed by atoms with Crippen molar-refractivity contribution in [2.75, 3.05) is 26.7 Å². The Morgan fingerprint density at radius 2 is 2.33 bits per heavy atom. The van der Waals surface area contributed by atoms with Crippen molar-refractivity contribution in [2.24, 2.45) is 0 Å². The molecule has 0 aromatic rings. The van der Waals surface area contributed by atoms with E-state index in [0.717, 1.165) is 6.04 Å². The molecule has 0 unspecified atom stereocenters. The first kappa shape index (κ1) is 10.0. The van der Waals surface area contributed by atoms with Crippen molar-refractivity contribution in [3.05, 3.63) is 0 Å². The van der Waals surface area contributed by atoms with Crippen molar-refractivity contribution >= 4 is 0 Å². The number of nitrogens with one attached hydrogen (secondary N) is 1. The second-order valence-electron chi connectivity index (χ2n) is 3.83. The molecule has 0 radical (unpaired) electrons. The number of hydrogen-bond donors (Lipinski definition) is 1. The molecular weight excluding hydrogens is 148 g/mol. The maximum atomic E-state index is 3.45. The van der Waals surface area contributed by atoms with E-state index in [1.165, 1.54) is 45.3 Å². The van der Waals surface area contributed by atoms with Gasteiger partial charge in [0.05, 0.1) is 0 Å². The molecule has 72 valence electrons. The first-order valence-corrected chi connectivity index (χ1v) is 5.25. The zero-order chi connectivity index (χ0) is 8.81. The fraction of sp³-hybridized carbons (Fsp3) is 1.00. The van der Waals surface area contributed by atoms with Gasteiger partial charge >= 0.3 is 0 Å². The van der Waals surface area contributed by atoms with Crippen molar-refractivity contribution < 1.29 is 0 Å². The fourth-order valence-electron chi connectivity index (χ4n) is 1.80. The van der Waals surface area contributed by atoms with Crippen LogP contribution in [0.5, 0.6) is 0 Å². The molecule has 1 N–H and O–H groups in total. The molecule has 0 bridgehead atoms. The Bertz CT molecular complexity index is 108. The van der Waals surface area contributed by atoms with Crippen LogP contribution in [0.25, 0.3) is 0 Å². The van der Waals surface area contributed by atoms with E-state index in [-0.39, 0.29) is 0 Å². The van der Waals surface area contributed by atoms with Crippen LogP contribution in [-0.2, 0) is 0 Å². The fourth-order valence-corrected chi connectivity index (χ4v) is 1.80. The molecule has 0 amide bonds. The lowest BCUT2D eigenvalue weighted by Crippen LogP contribution is -2.44. The minimum atomic E-state index is 0.797. The third-order valence-electron chi connectivity index (χ3n) is 2.76. The Morgan fingerprint density at radius 3 is 2.92 bits per heavy atom. The zero-order valence-corrected chi connectivity index (χ0v) is 8.47. The third-order valence-corrected chi connectivity index (χ3v) is 2.76. The molecule has 0 spiro atoms. The summed E-state index contributed by atoms with van der Waals surface area (Å²) in [6.07, 6.45) is 5.38. The Hall–Kier alpha value is -0.0800. The first-order chi connectivity index (χ1) is 5.84. The molecule has 2 nitrogen and oxygen atoms in total. The average molecular weight is 170 g/mol. The lowest BCUT2D eigenvalue weighted by molar-refractivity contribution is 0.201. The number of likely N-dealkylation sites (N-methyl/N-ethyl adjacent to an activating group) is 1. The van der Waals surface area contributed by atoms with Crippen molar-refractivity contribution in [3.8, 4) is 0 Å². The molecule has 1 heterocycles. The van der Waals surface area contributed by atoms with E-state index >= 15 is 0 Å². The normalized spacial score (nSPS) is 24.8. The SMILES string of the molecule is CCCCN(C)[C@H]1CCCNC1. The highest BCUT2D eigenvalue weighted by molar-refractivity contribution is 4.75. The van der Waals surface area contributed by atoms with Crippen LogP contribution in [0.15, 0.2) is 0 Å². The van der Waals surface area contributed by atoms with E-state index in [2.05, 4.69) is 24.2 Å². The lowest BCUT2D eigenvalue weighted by Gasteiger charge is -2.31. The molecule has 1 saturated heterocycles. The number of unbranched alkanes of at least 4 members (excludes halogenated alkanes) is 1. The molecule has 0 aliphatic carbocycles. The van der Waals surface area contributed by atoms with Crippen LogP contribution in [0.2, 0.25) is 0 Å². The molecule has 2 heteroatoms. The van der Waals surface area contributed by atoms with Gasteiger partial charge in [0.1, 0.15) is 0 Å². The van der Waals surface area contributed by atoms with Crippen LogP contribution >= 0.6 is 0 Å². The van der Waals surface area contributed by atoms with Gasteiger partial charge in [0, 0.05) is 12.6 Å². The topological polar surface area (TPSA) is 15.3 Å². The largest absolute Gasteiger partial charge is 0.315 e. The second kappa shape index (κ2) is 5.55. The highest BCUT2D eigenvalue weighted by atomic mass is 15.1. The maximum absolute atomic E-state index is 3.45. The third kappa shape index (κ3) is 3.11. The predicted molar refractivity (Wildman–Crippen MR) is 53.4 cm³/mol. The van der Waals surface area contributed by atoms with Gasteiger partial charge in [0.2, 0.25) is 0 Å². The van der Waals surface area contributed by atoms with Crippen LogP contribution in [0, 0.1) is 0 Å². The Kier molecular flexibility index (Phi) is 4.62. The van der Waals surface area contributed by atoms with E-state index in [1.54, 1.807) is 0 Å². The molecule has 0 aromatic carbocycles. The smallest absolute Gasteiger partial charge is 0.0218 e. The summed E-state index contributed by atoms with van der Waals surface area (Å²) in [4.78, 5) is 2.51. The zero-order valence-electron chi connectivity index (χ0n) is 8.47. The number of nitrogens with zero attached hydrogens (tertiary/aromatic N) is 1. The number of piperidine rings is 1. The van der Waals surface area contributed by atoms with Crippen LogP contribution in [0.3, 0.4) is 0 Å². The molecule has 1 aliphatic rings. The van der Waals surface area contributed by atoms with Crippen molar-refractivity contribution in [1.29, 1.82) is 0 Å². The van der Waals surface area contributed by atoms with Gasteiger partial charge in [0.15, 0.2) is 0 Å². The van der Waals surface area contributed by atoms with Crippen molar-refractivity contribution in [2.45, 2.75) is 38.6 Å². The Labute approximate surface area is 76.3 Å². The standard InChI is InChI=1S/C10H22N2/c1-3-4-8-12(2)10-6-5-7-11-9-10/h10-11H,3-9H2,1-2H3/t10-/m0/s1. The van der Waals surface area contributed by atoms with E-state index in [1.807, 2.05) is 0 Å². The highest BCUT2D eigenvalue weighted by Gasteiger charge is 2.16. The van der Waals surface area contributed by atoms with Gasteiger partial charge in [-0.25, -0.2) is 0 Å². The highest BCUT2D eigenvalue weighted by Crippen LogP contribution is 2.08. The number of rotatable bonds is 4. The monoisotopic (exact) mass is 170 g/mol. The minimum absolute atomic E-state index is 0.797. The summed E-state index contributed by atoms with van der Waals surface area (Å²) in [6.45, 7) is 5.94. The summed E-state index contributed by atoms with van der Waals surface area (Å²) < 4.78 is 0. The lowest BCUT2D eigenvalue weighted by atomic mass is 10.1. The second-order valence-corrected chi connectivity index (χ2v) is 3.83. The average Bonchev–Trinajstić information content (AvgIpc) is 2.15. The summed E-state index contributed by atoms with van der Waals surface area (Å²) >= 11 is 0. The van der Waals surface area contributed by atoms with E-state index in [0.29, 0.717) is 0 Å². The number of hydrogen-bond acceptors (Lipinski definition) is 2. The van der Waals surface area contributed by atoms with E-state index in [9.17, 15) is 0 Å². The maximum Gasteiger partial charge on any atom is 0.0218 e. The molecular formula is C10H22N2. The van der Waals surface area contributed by atoms with Crippen molar-refractivity contribution in [3.63, 3.8) is 0 Å².